The third-order valence-corrected chi connectivity index (χ3v) is 3.57. The van der Waals surface area contributed by atoms with E-state index in [4.69, 9.17) is 0 Å². The number of ketones is 1. The standard InChI is InChI=1S/C12H20O/c1-9-3-2-4-10(7-9)8-12(13)11-5-6-11/h9-11H,2-8H2,1H3. The van der Waals surface area contributed by atoms with Gasteiger partial charge in [-0.05, 0) is 31.1 Å². The van der Waals surface area contributed by atoms with Crippen LogP contribution in [0.5, 0.6) is 0 Å². The summed E-state index contributed by atoms with van der Waals surface area (Å²) < 4.78 is 0. The third-order valence-electron chi connectivity index (χ3n) is 3.57. The molecule has 2 atom stereocenters. The van der Waals surface area contributed by atoms with E-state index >= 15 is 0 Å². The maximum absolute atomic E-state index is 11.6. The highest BCUT2D eigenvalue weighted by Crippen LogP contribution is 2.36. The predicted octanol–water partition coefficient (Wildman–Crippen LogP) is 3.18. The summed E-state index contributed by atoms with van der Waals surface area (Å²) in [6, 6.07) is 0. The van der Waals surface area contributed by atoms with Crippen molar-refractivity contribution >= 4 is 5.78 Å². The van der Waals surface area contributed by atoms with E-state index in [0.717, 1.165) is 18.3 Å². The molecular weight excluding hydrogens is 160 g/mol. The van der Waals surface area contributed by atoms with Crippen LogP contribution in [0.3, 0.4) is 0 Å². The summed E-state index contributed by atoms with van der Waals surface area (Å²) in [4.78, 5) is 11.6. The number of carbonyl (C=O) groups excluding carboxylic acids is 1. The van der Waals surface area contributed by atoms with Crippen LogP contribution in [0, 0.1) is 17.8 Å². The summed E-state index contributed by atoms with van der Waals surface area (Å²) in [5, 5.41) is 0. The first-order valence-corrected chi connectivity index (χ1v) is 5.78. The molecule has 0 saturated heterocycles. The van der Waals surface area contributed by atoms with E-state index in [9.17, 15) is 4.79 Å². The van der Waals surface area contributed by atoms with Crippen LogP contribution >= 0.6 is 0 Å². The van der Waals surface area contributed by atoms with Gasteiger partial charge in [-0.3, -0.25) is 4.79 Å². The van der Waals surface area contributed by atoms with Gasteiger partial charge >= 0.3 is 0 Å². The van der Waals surface area contributed by atoms with Gasteiger partial charge in [0.05, 0.1) is 0 Å². The molecule has 13 heavy (non-hydrogen) atoms. The second-order valence-electron chi connectivity index (χ2n) is 5.08. The number of hydrogen-bond donors (Lipinski definition) is 0. The average Bonchev–Trinajstić information content (AvgIpc) is 2.85. The van der Waals surface area contributed by atoms with Gasteiger partial charge < -0.3 is 0 Å². The van der Waals surface area contributed by atoms with Gasteiger partial charge in [0.1, 0.15) is 5.78 Å². The Labute approximate surface area is 80.9 Å². The number of rotatable bonds is 3. The second-order valence-corrected chi connectivity index (χ2v) is 5.08. The molecule has 2 aliphatic carbocycles. The molecule has 2 saturated carbocycles. The zero-order chi connectivity index (χ0) is 9.26. The van der Waals surface area contributed by atoms with Crippen molar-refractivity contribution in [2.45, 2.75) is 51.9 Å². The lowest BCUT2D eigenvalue weighted by molar-refractivity contribution is -0.121. The summed E-state index contributed by atoms with van der Waals surface area (Å²) in [5.41, 5.74) is 0. The number of Topliss-reactive ketones (excluding diaryl/α,β-unsaturated/α-hetero) is 1. The molecule has 1 nitrogen and oxygen atoms in total. The van der Waals surface area contributed by atoms with Crippen LogP contribution in [0.25, 0.3) is 0 Å². The van der Waals surface area contributed by atoms with E-state index in [0.29, 0.717) is 11.7 Å². The highest BCUT2D eigenvalue weighted by Gasteiger charge is 2.31. The van der Waals surface area contributed by atoms with E-state index in [-0.39, 0.29) is 0 Å². The molecule has 0 aromatic carbocycles. The first-order valence-electron chi connectivity index (χ1n) is 5.78. The van der Waals surface area contributed by atoms with E-state index in [1.165, 1.54) is 38.5 Å². The Morgan fingerprint density at radius 3 is 2.62 bits per heavy atom. The molecule has 2 aliphatic rings. The highest BCUT2D eigenvalue weighted by molar-refractivity contribution is 5.83. The summed E-state index contributed by atoms with van der Waals surface area (Å²) in [5.74, 6) is 2.65. The molecule has 2 fully saturated rings. The monoisotopic (exact) mass is 180 g/mol. The second kappa shape index (κ2) is 3.81. The maximum atomic E-state index is 11.6. The van der Waals surface area contributed by atoms with Gasteiger partial charge in [0.2, 0.25) is 0 Å². The quantitative estimate of drug-likeness (QED) is 0.652. The maximum Gasteiger partial charge on any atom is 0.136 e. The van der Waals surface area contributed by atoms with Crippen molar-refractivity contribution in [3.63, 3.8) is 0 Å². The van der Waals surface area contributed by atoms with Crippen LogP contribution in [0.15, 0.2) is 0 Å². The molecule has 0 aromatic heterocycles. The van der Waals surface area contributed by atoms with Crippen molar-refractivity contribution in [3.05, 3.63) is 0 Å². The van der Waals surface area contributed by atoms with Crippen LogP contribution in [-0.2, 0) is 4.79 Å². The van der Waals surface area contributed by atoms with Gasteiger partial charge in [-0.15, -0.1) is 0 Å². The summed E-state index contributed by atoms with van der Waals surface area (Å²) in [6.45, 7) is 2.33. The van der Waals surface area contributed by atoms with Crippen LogP contribution < -0.4 is 0 Å². The van der Waals surface area contributed by atoms with Gasteiger partial charge in [0, 0.05) is 12.3 Å². The molecular formula is C12H20O. The van der Waals surface area contributed by atoms with Crippen molar-refractivity contribution < 1.29 is 4.79 Å². The van der Waals surface area contributed by atoms with Crippen LogP contribution in [0.2, 0.25) is 0 Å². The fraction of sp³-hybridized carbons (Fsp3) is 0.917. The molecule has 2 unspecified atom stereocenters. The predicted molar refractivity (Wildman–Crippen MR) is 53.5 cm³/mol. The van der Waals surface area contributed by atoms with Gasteiger partial charge in [-0.2, -0.15) is 0 Å². The molecule has 1 heteroatoms. The highest BCUT2D eigenvalue weighted by atomic mass is 16.1. The van der Waals surface area contributed by atoms with E-state index in [2.05, 4.69) is 6.92 Å². The Hall–Kier alpha value is -0.330. The summed E-state index contributed by atoms with van der Waals surface area (Å²) in [6.07, 6.45) is 8.61. The average molecular weight is 180 g/mol. The molecule has 0 heterocycles. The SMILES string of the molecule is CC1CCCC(CC(=O)C2CC2)C1. The van der Waals surface area contributed by atoms with E-state index < -0.39 is 0 Å². The molecule has 0 spiro atoms. The lowest BCUT2D eigenvalue weighted by atomic mass is 9.80. The van der Waals surface area contributed by atoms with E-state index in [1.54, 1.807) is 0 Å². The molecule has 0 radical (unpaired) electrons. The van der Waals surface area contributed by atoms with Crippen LogP contribution in [0.1, 0.15) is 51.9 Å². The smallest absolute Gasteiger partial charge is 0.136 e. The minimum absolute atomic E-state index is 0.484. The Morgan fingerprint density at radius 2 is 2.00 bits per heavy atom. The van der Waals surface area contributed by atoms with Crippen molar-refractivity contribution in [1.82, 2.24) is 0 Å². The van der Waals surface area contributed by atoms with Crippen molar-refractivity contribution in [1.29, 1.82) is 0 Å². The summed E-state index contributed by atoms with van der Waals surface area (Å²) >= 11 is 0. The van der Waals surface area contributed by atoms with Gasteiger partial charge in [0.15, 0.2) is 0 Å². The van der Waals surface area contributed by atoms with Crippen LogP contribution in [0.4, 0.5) is 0 Å². The Bertz CT molecular complexity index is 193. The fourth-order valence-electron chi connectivity index (χ4n) is 2.60. The number of carbonyl (C=O) groups is 1. The van der Waals surface area contributed by atoms with Crippen molar-refractivity contribution in [2.75, 3.05) is 0 Å². The molecule has 2 rings (SSSR count). The topological polar surface area (TPSA) is 17.1 Å². The lowest BCUT2D eigenvalue weighted by Gasteiger charge is -2.26. The molecule has 0 aromatic rings. The zero-order valence-electron chi connectivity index (χ0n) is 8.59. The Balaban J connectivity index is 1.76. The van der Waals surface area contributed by atoms with E-state index in [1.807, 2.05) is 0 Å². The number of hydrogen-bond acceptors (Lipinski definition) is 1. The molecule has 0 amide bonds. The van der Waals surface area contributed by atoms with Crippen LogP contribution in [-0.4, -0.2) is 5.78 Å². The Morgan fingerprint density at radius 1 is 1.23 bits per heavy atom. The minimum Gasteiger partial charge on any atom is -0.299 e. The van der Waals surface area contributed by atoms with Crippen molar-refractivity contribution in [2.24, 2.45) is 17.8 Å². The molecule has 0 N–H and O–H groups in total. The van der Waals surface area contributed by atoms with Gasteiger partial charge in [-0.25, -0.2) is 0 Å². The van der Waals surface area contributed by atoms with Gasteiger partial charge in [0.25, 0.3) is 0 Å². The minimum atomic E-state index is 0.484. The molecule has 74 valence electrons. The fourth-order valence-corrected chi connectivity index (χ4v) is 2.60. The largest absolute Gasteiger partial charge is 0.299 e. The molecule has 0 aliphatic heterocycles. The third kappa shape index (κ3) is 2.55. The van der Waals surface area contributed by atoms with Gasteiger partial charge in [-0.1, -0.05) is 26.2 Å². The first kappa shape index (κ1) is 9.23. The lowest BCUT2D eigenvalue weighted by Crippen LogP contribution is -2.17. The van der Waals surface area contributed by atoms with Crippen molar-refractivity contribution in [3.8, 4) is 0 Å². The summed E-state index contributed by atoms with van der Waals surface area (Å²) in [7, 11) is 0. The normalized spacial score (nSPS) is 34.5. The molecule has 0 bridgehead atoms. The zero-order valence-corrected chi connectivity index (χ0v) is 8.59. The first-order chi connectivity index (χ1) is 6.25. The Kier molecular flexibility index (Phi) is 2.71.